The van der Waals surface area contributed by atoms with Crippen molar-refractivity contribution in [3.05, 3.63) is 75.4 Å². The van der Waals surface area contributed by atoms with Gasteiger partial charge in [-0.05, 0) is 55.5 Å². The number of aliphatic hydroxyl groups is 1. The third kappa shape index (κ3) is 5.80. The molecule has 33 heavy (non-hydrogen) atoms. The molecule has 0 bridgehead atoms. The Balaban J connectivity index is 1.40. The van der Waals surface area contributed by atoms with E-state index in [-0.39, 0.29) is 28.3 Å². The number of aryl methyl sites for hydroxylation is 2. The third-order valence-electron chi connectivity index (χ3n) is 5.44. The molecule has 1 aliphatic carbocycles. The van der Waals surface area contributed by atoms with Crippen LogP contribution in [0.4, 0.5) is 5.82 Å². The molecule has 2 heterocycles. The minimum atomic E-state index is -3.82. The SMILES string of the molecule is Cc1ncc2c(n1)CCC(NS(=O)(=O)c1cnc(NC[C@H](O)c3ccc(Cl)cc3)c(Cl)c1)C2. The summed E-state index contributed by atoms with van der Waals surface area (Å²) in [4.78, 5) is 12.8. The van der Waals surface area contributed by atoms with Gasteiger partial charge in [0.2, 0.25) is 10.0 Å². The molecule has 0 spiro atoms. The summed E-state index contributed by atoms with van der Waals surface area (Å²) in [5.41, 5.74) is 2.61. The highest BCUT2D eigenvalue weighted by Crippen LogP contribution is 2.25. The highest BCUT2D eigenvalue weighted by Gasteiger charge is 2.26. The Labute approximate surface area is 202 Å². The number of pyridine rings is 1. The number of nitrogens with zero attached hydrogens (tertiary/aromatic N) is 3. The first-order valence-electron chi connectivity index (χ1n) is 10.4. The number of benzene rings is 1. The molecule has 1 unspecified atom stereocenters. The number of nitrogens with one attached hydrogen (secondary N) is 2. The standard InChI is InChI=1S/C22H23Cl2N5O3S/c1-13-25-10-15-8-17(6-7-20(15)28-13)29-33(31,32)18-9-19(24)22(26-11-18)27-12-21(30)14-2-4-16(23)5-3-14/h2-5,9-11,17,21,29-30H,6-8,12H2,1H3,(H,26,27)/t17?,21-/m0/s1. The van der Waals surface area contributed by atoms with Crippen LogP contribution in [-0.2, 0) is 22.9 Å². The van der Waals surface area contributed by atoms with Crippen molar-refractivity contribution in [2.45, 2.75) is 43.2 Å². The smallest absolute Gasteiger partial charge is 0.242 e. The van der Waals surface area contributed by atoms with Crippen molar-refractivity contribution >= 4 is 39.0 Å². The molecule has 174 valence electrons. The Morgan fingerprint density at radius 3 is 2.67 bits per heavy atom. The monoisotopic (exact) mass is 507 g/mol. The first-order chi connectivity index (χ1) is 15.7. The lowest BCUT2D eigenvalue weighted by molar-refractivity contribution is 0.191. The summed E-state index contributed by atoms with van der Waals surface area (Å²) in [6.45, 7) is 1.98. The van der Waals surface area contributed by atoms with Gasteiger partial charge >= 0.3 is 0 Å². The Morgan fingerprint density at radius 1 is 1.18 bits per heavy atom. The summed E-state index contributed by atoms with van der Waals surface area (Å²) in [5, 5.41) is 14.0. The number of fused-ring (bicyclic) bond motifs is 1. The summed E-state index contributed by atoms with van der Waals surface area (Å²) in [6.07, 6.45) is 4.05. The second kappa shape index (κ2) is 9.90. The molecular weight excluding hydrogens is 485 g/mol. The Bertz CT molecular complexity index is 1260. The zero-order valence-corrected chi connectivity index (χ0v) is 20.1. The third-order valence-corrected chi connectivity index (χ3v) is 7.46. The quantitative estimate of drug-likeness (QED) is 0.448. The van der Waals surface area contributed by atoms with E-state index in [9.17, 15) is 13.5 Å². The molecule has 3 aromatic rings. The van der Waals surface area contributed by atoms with Gasteiger partial charge in [-0.25, -0.2) is 28.1 Å². The topological polar surface area (TPSA) is 117 Å². The minimum absolute atomic E-state index is 0.0257. The minimum Gasteiger partial charge on any atom is -0.387 e. The van der Waals surface area contributed by atoms with Crippen molar-refractivity contribution in [1.29, 1.82) is 0 Å². The number of halogens is 2. The van der Waals surface area contributed by atoms with Crippen LogP contribution in [-0.4, -0.2) is 41.1 Å². The summed E-state index contributed by atoms with van der Waals surface area (Å²) < 4.78 is 28.5. The molecule has 8 nitrogen and oxygen atoms in total. The van der Waals surface area contributed by atoms with Gasteiger partial charge in [-0.2, -0.15) is 0 Å². The van der Waals surface area contributed by atoms with Crippen molar-refractivity contribution < 1.29 is 13.5 Å². The fraction of sp³-hybridized carbons (Fsp3) is 0.318. The van der Waals surface area contributed by atoms with E-state index in [0.29, 0.717) is 35.7 Å². The lowest BCUT2D eigenvalue weighted by Crippen LogP contribution is -2.39. The largest absolute Gasteiger partial charge is 0.387 e. The van der Waals surface area contributed by atoms with E-state index in [1.165, 1.54) is 12.3 Å². The molecule has 11 heteroatoms. The average molecular weight is 508 g/mol. The first-order valence-corrected chi connectivity index (χ1v) is 12.6. The molecule has 2 atom stereocenters. The summed E-state index contributed by atoms with van der Waals surface area (Å²) in [6, 6.07) is 7.91. The molecular formula is C22H23Cl2N5O3S. The first kappa shape index (κ1) is 23.8. The number of aliphatic hydroxyl groups excluding tert-OH is 1. The summed E-state index contributed by atoms with van der Waals surface area (Å²) in [7, 11) is -3.82. The predicted molar refractivity (Wildman–Crippen MR) is 127 cm³/mol. The van der Waals surface area contributed by atoms with Crippen molar-refractivity contribution in [1.82, 2.24) is 19.7 Å². The van der Waals surface area contributed by atoms with Gasteiger partial charge in [0, 0.05) is 35.7 Å². The van der Waals surface area contributed by atoms with Gasteiger partial charge in [-0.15, -0.1) is 0 Å². The lowest BCUT2D eigenvalue weighted by Gasteiger charge is -2.24. The number of hydrogen-bond donors (Lipinski definition) is 3. The molecule has 0 aliphatic heterocycles. The lowest BCUT2D eigenvalue weighted by atomic mass is 9.93. The predicted octanol–water partition coefficient (Wildman–Crippen LogP) is 3.47. The Hall–Kier alpha value is -2.30. The summed E-state index contributed by atoms with van der Waals surface area (Å²) in [5.74, 6) is 0.991. The molecule has 0 saturated heterocycles. The number of anilines is 1. The highest BCUT2D eigenvalue weighted by molar-refractivity contribution is 7.89. The van der Waals surface area contributed by atoms with E-state index in [4.69, 9.17) is 23.2 Å². The maximum atomic E-state index is 12.9. The molecule has 0 fully saturated rings. The average Bonchev–Trinajstić information content (AvgIpc) is 2.78. The fourth-order valence-corrected chi connectivity index (χ4v) is 5.35. The van der Waals surface area contributed by atoms with Crippen LogP contribution in [0.3, 0.4) is 0 Å². The van der Waals surface area contributed by atoms with Gasteiger partial charge in [0.1, 0.15) is 16.5 Å². The molecule has 0 saturated carbocycles. The van der Waals surface area contributed by atoms with Gasteiger partial charge in [0.05, 0.1) is 11.1 Å². The van der Waals surface area contributed by atoms with Crippen LogP contribution in [0.25, 0.3) is 0 Å². The number of hydrogen-bond acceptors (Lipinski definition) is 7. The van der Waals surface area contributed by atoms with Gasteiger partial charge in [-0.1, -0.05) is 35.3 Å². The molecule has 1 aliphatic rings. The van der Waals surface area contributed by atoms with Gasteiger partial charge in [0.25, 0.3) is 0 Å². The van der Waals surface area contributed by atoms with E-state index in [1.807, 2.05) is 6.92 Å². The Morgan fingerprint density at radius 2 is 1.94 bits per heavy atom. The molecule has 3 N–H and O–H groups in total. The highest BCUT2D eigenvalue weighted by atomic mass is 35.5. The maximum Gasteiger partial charge on any atom is 0.242 e. The van der Waals surface area contributed by atoms with Crippen molar-refractivity contribution in [2.75, 3.05) is 11.9 Å². The van der Waals surface area contributed by atoms with E-state index < -0.39 is 16.1 Å². The van der Waals surface area contributed by atoms with Crippen LogP contribution < -0.4 is 10.0 Å². The van der Waals surface area contributed by atoms with Gasteiger partial charge in [-0.3, -0.25) is 0 Å². The number of sulfonamides is 1. The van der Waals surface area contributed by atoms with Crippen LogP contribution in [0.1, 0.15) is 35.2 Å². The van der Waals surface area contributed by atoms with Gasteiger partial charge < -0.3 is 10.4 Å². The molecule has 0 radical (unpaired) electrons. The zero-order valence-electron chi connectivity index (χ0n) is 17.8. The number of aromatic nitrogens is 3. The van der Waals surface area contributed by atoms with Crippen molar-refractivity contribution in [3.8, 4) is 0 Å². The van der Waals surface area contributed by atoms with Crippen LogP contribution in [0.15, 0.2) is 47.6 Å². The van der Waals surface area contributed by atoms with E-state index in [2.05, 4.69) is 25.0 Å². The maximum absolute atomic E-state index is 12.9. The van der Waals surface area contributed by atoms with E-state index >= 15 is 0 Å². The fourth-order valence-electron chi connectivity index (χ4n) is 3.69. The van der Waals surface area contributed by atoms with Crippen LogP contribution in [0.2, 0.25) is 10.0 Å². The zero-order chi connectivity index (χ0) is 23.6. The molecule has 4 rings (SSSR count). The van der Waals surface area contributed by atoms with E-state index in [1.54, 1.807) is 30.5 Å². The van der Waals surface area contributed by atoms with Crippen molar-refractivity contribution in [2.24, 2.45) is 0 Å². The number of rotatable bonds is 7. The second-order valence-corrected chi connectivity index (χ2v) is 10.5. The molecule has 0 amide bonds. The van der Waals surface area contributed by atoms with Crippen LogP contribution in [0.5, 0.6) is 0 Å². The molecule has 2 aromatic heterocycles. The van der Waals surface area contributed by atoms with Gasteiger partial charge in [0.15, 0.2) is 0 Å². The van der Waals surface area contributed by atoms with E-state index in [0.717, 1.165) is 11.3 Å². The Kier molecular flexibility index (Phi) is 7.16. The summed E-state index contributed by atoms with van der Waals surface area (Å²) >= 11 is 12.1. The van der Waals surface area contributed by atoms with Crippen LogP contribution in [0, 0.1) is 6.92 Å². The van der Waals surface area contributed by atoms with Crippen LogP contribution >= 0.6 is 23.2 Å². The van der Waals surface area contributed by atoms with Crippen molar-refractivity contribution in [3.63, 3.8) is 0 Å². The normalized spacial score (nSPS) is 16.8. The second-order valence-electron chi connectivity index (χ2n) is 7.90. The molecule has 1 aromatic carbocycles.